The highest BCUT2D eigenvalue weighted by atomic mass is 35.5. The zero-order chi connectivity index (χ0) is 21.4. The van der Waals surface area contributed by atoms with Crippen LogP contribution in [0.25, 0.3) is 6.08 Å². The van der Waals surface area contributed by atoms with E-state index >= 15 is 0 Å². The molecule has 0 saturated carbocycles. The molecular formula is C20H23ClN4O4. The number of benzene rings is 1. The molecule has 29 heavy (non-hydrogen) atoms. The maximum Gasteiger partial charge on any atom is 0.331 e. The van der Waals surface area contributed by atoms with Gasteiger partial charge in [-0.05, 0) is 18.6 Å². The van der Waals surface area contributed by atoms with Gasteiger partial charge in [-0.3, -0.25) is 9.59 Å². The molecule has 0 spiro atoms. The lowest BCUT2D eigenvalue weighted by Crippen LogP contribution is -2.38. The molecule has 2 amide bonds. The molecule has 8 nitrogen and oxygen atoms in total. The number of carbonyl (C=O) groups excluding carboxylic acids is 3. The second kappa shape index (κ2) is 10.4. The van der Waals surface area contributed by atoms with Crippen LogP contribution in [0, 0.1) is 6.92 Å². The summed E-state index contributed by atoms with van der Waals surface area (Å²) < 4.78 is 6.51. The van der Waals surface area contributed by atoms with E-state index in [1.54, 1.807) is 25.7 Å². The smallest absolute Gasteiger partial charge is 0.331 e. The Morgan fingerprint density at radius 3 is 2.59 bits per heavy atom. The number of nitrogens with zero attached hydrogens (tertiary/aromatic N) is 3. The Kier molecular flexibility index (Phi) is 7.97. The Hall–Kier alpha value is -3.13. The van der Waals surface area contributed by atoms with E-state index in [1.165, 1.54) is 17.1 Å². The molecule has 2 aromatic rings. The zero-order valence-corrected chi connectivity index (χ0v) is 17.3. The molecule has 0 aliphatic heterocycles. The number of amides is 2. The minimum Gasteiger partial charge on any atom is -0.452 e. The highest BCUT2D eigenvalue weighted by Gasteiger charge is 2.13. The first-order chi connectivity index (χ1) is 13.8. The number of halogens is 1. The van der Waals surface area contributed by atoms with Crippen LogP contribution in [0.1, 0.15) is 16.8 Å². The lowest BCUT2D eigenvalue weighted by Gasteiger charge is -2.10. The lowest BCUT2D eigenvalue weighted by atomic mass is 10.2. The summed E-state index contributed by atoms with van der Waals surface area (Å²) in [6, 6.07) is 9.74. The van der Waals surface area contributed by atoms with Gasteiger partial charge in [0, 0.05) is 25.7 Å². The SMILES string of the molecule is Cc1nn(Cc2ccccc2)c(Cl)c1/C=C/C(=O)OCC(=O)NCC(=O)N(C)C. The van der Waals surface area contributed by atoms with Gasteiger partial charge in [-0.2, -0.15) is 5.10 Å². The zero-order valence-electron chi connectivity index (χ0n) is 16.5. The first kappa shape index (κ1) is 22.2. The fraction of sp³-hybridized carbons (Fsp3) is 0.300. The predicted molar refractivity (Wildman–Crippen MR) is 109 cm³/mol. The fourth-order valence-corrected chi connectivity index (χ4v) is 2.63. The van der Waals surface area contributed by atoms with Gasteiger partial charge in [-0.15, -0.1) is 0 Å². The Labute approximate surface area is 174 Å². The highest BCUT2D eigenvalue weighted by Crippen LogP contribution is 2.22. The number of rotatable bonds is 8. The summed E-state index contributed by atoms with van der Waals surface area (Å²) in [7, 11) is 3.16. The van der Waals surface area contributed by atoms with Gasteiger partial charge in [0.1, 0.15) is 5.15 Å². The monoisotopic (exact) mass is 418 g/mol. The molecular weight excluding hydrogens is 396 g/mol. The van der Waals surface area contributed by atoms with Crippen molar-refractivity contribution in [3.8, 4) is 0 Å². The van der Waals surface area contributed by atoms with Crippen molar-refractivity contribution in [1.29, 1.82) is 0 Å². The number of esters is 1. The van der Waals surface area contributed by atoms with Crippen LogP contribution >= 0.6 is 11.6 Å². The van der Waals surface area contributed by atoms with Crippen molar-refractivity contribution >= 4 is 35.5 Å². The number of hydrogen-bond acceptors (Lipinski definition) is 5. The van der Waals surface area contributed by atoms with Gasteiger partial charge in [-0.1, -0.05) is 41.9 Å². The van der Waals surface area contributed by atoms with Crippen LogP contribution in [-0.4, -0.2) is 59.7 Å². The van der Waals surface area contributed by atoms with Crippen LogP contribution in [0.15, 0.2) is 36.4 Å². The maximum absolute atomic E-state index is 11.9. The molecule has 0 bridgehead atoms. The molecule has 2 rings (SSSR count). The molecule has 0 unspecified atom stereocenters. The number of hydrogen-bond donors (Lipinski definition) is 1. The van der Waals surface area contributed by atoms with Gasteiger partial charge in [0.05, 0.1) is 18.8 Å². The number of likely N-dealkylation sites (N-methyl/N-ethyl adjacent to an activating group) is 1. The average Bonchev–Trinajstić information content (AvgIpc) is 2.96. The number of aryl methyl sites for hydroxylation is 1. The molecule has 1 heterocycles. The quantitative estimate of drug-likeness (QED) is 0.519. The Balaban J connectivity index is 1.90. The highest BCUT2D eigenvalue weighted by molar-refractivity contribution is 6.31. The minimum absolute atomic E-state index is 0.158. The van der Waals surface area contributed by atoms with Gasteiger partial charge in [0.15, 0.2) is 6.61 Å². The summed E-state index contributed by atoms with van der Waals surface area (Å²) in [5.74, 6) is -1.53. The van der Waals surface area contributed by atoms with E-state index in [0.717, 1.165) is 5.56 Å². The van der Waals surface area contributed by atoms with Crippen molar-refractivity contribution in [2.24, 2.45) is 0 Å². The van der Waals surface area contributed by atoms with Gasteiger partial charge in [0.2, 0.25) is 5.91 Å². The molecule has 1 N–H and O–H groups in total. The van der Waals surface area contributed by atoms with Crippen LogP contribution < -0.4 is 5.32 Å². The van der Waals surface area contributed by atoms with E-state index < -0.39 is 18.5 Å². The number of ether oxygens (including phenoxy) is 1. The third-order valence-corrected chi connectivity index (χ3v) is 4.35. The van der Waals surface area contributed by atoms with Crippen molar-refractivity contribution in [3.05, 3.63) is 58.4 Å². The van der Waals surface area contributed by atoms with Crippen LogP contribution in [0.4, 0.5) is 0 Å². The number of carbonyl (C=O) groups is 3. The molecule has 0 saturated heterocycles. The van der Waals surface area contributed by atoms with E-state index in [4.69, 9.17) is 16.3 Å². The van der Waals surface area contributed by atoms with E-state index in [2.05, 4.69) is 10.4 Å². The van der Waals surface area contributed by atoms with Crippen LogP contribution in [0.3, 0.4) is 0 Å². The summed E-state index contributed by atoms with van der Waals surface area (Å²) in [5, 5.41) is 7.16. The molecule has 0 aliphatic rings. The van der Waals surface area contributed by atoms with E-state index in [9.17, 15) is 14.4 Å². The first-order valence-electron chi connectivity index (χ1n) is 8.86. The molecule has 0 aliphatic carbocycles. The predicted octanol–water partition coefficient (Wildman–Crippen LogP) is 1.65. The van der Waals surface area contributed by atoms with Gasteiger partial charge in [0.25, 0.3) is 5.91 Å². The van der Waals surface area contributed by atoms with Crippen molar-refractivity contribution < 1.29 is 19.1 Å². The van der Waals surface area contributed by atoms with E-state index in [1.807, 2.05) is 30.3 Å². The Morgan fingerprint density at radius 1 is 1.24 bits per heavy atom. The van der Waals surface area contributed by atoms with Crippen molar-refractivity contribution in [1.82, 2.24) is 20.0 Å². The third kappa shape index (κ3) is 6.76. The largest absolute Gasteiger partial charge is 0.452 e. The normalized spacial score (nSPS) is 10.8. The second-order valence-corrected chi connectivity index (χ2v) is 6.80. The van der Waals surface area contributed by atoms with Crippen LogP contribution in [0.2, 0.25) is 5.15 Å². The summed E-state index contributed by atoms with van der Waals surface area (Å²) >= 11 is 6.38. The Morgan fingerprint density at radius 2 is 1.93 bits per heavy atom. The third-order valence-electron chi connectivity index (χ3n) is 3.95. The van der Waals surface area contributed by atoms with Crippen LogP contribution in [-0.2, 0) is 25.7 Å². The maximum atomic E-state index is 11.9. The second-order valence-electron chi connectivity index (χ2n) is 6.44. The molecule has 154 valence electrons. The summed E-state index contributed by atoms with van der Waals surface area (Å²) in [5.41, 5.74) is 2.31. The van der Waals surface area contributed by atoms with Gasteiger partial charge in [-0.25, -0.2) is 9.48 Å². The number of nitrogens with one attached hydrogen (secondary N) is 1. The topological polar surface area (TPSA) is 93.5 Å². The Bertz CT molecular complexity index is 907. The molecule has 0 atom stereocenters. The van der Waals surface area contributed by atoms with Gasteiger partial charge < -0.3 is 15.0 Å². The summed E-state index contributed by atoms with van der Waals surface area (Å²) in [6.45, 7) is 1.65. The molecule has 0 fully saturated rings. The lowest BCUT2D eigenvalue weighted by molar-refractivity contribution is -0.144. The van der Waals surface area contributed by atoms with E-state index in [0.29, 0.717) is 23.0 Å². The number of aromatic nitrogens is 2. The molecule has 1 aromatic heterocycles. The fourth-order valence-electron chi connectivity index (χ4n) is 2.34. The van der Waals surface area contributed by atoms with Crippen LogP contribution in [0.5, 0.6) is 0 Å². The van der Waals surface area contributed by atoms with E-state index in [-0.39, 0.29) is 12.5 Å². The van der Waals surface area contributed by atoms with Crippen molar-refractivity contribution in [2.75, 3.05) is 27.2 Å². The standard InChI is InChI=1S/C20H23ClN4O4/c1-14-16(20(21)25(23-14)12-15-7-5-4-6-8-15)9-10-19(28)29-13-17(26)22-11-18(27)24(2)3/h4-10H,11-13H2,1-3H3,(H,22,26)/b10-9+. The first-order valence-corrected chi connectivity index (χ1v) is 9.24. The van der Waals surface area contributed by atoms with Crippen molar-refractivity contribution in [3.63, 3.8) is 0 Å². The van der Waals surface area contributed by atoms with Gasteiger partial charge >= 0.3 is 5.97 Å². The molecule has 0 radical (unpaired) electrons. The summed E-state index contributed by atoms with van der Waals surface area (Å²) in [6.07, 6.45) is 2.68. The average molecular weight is 419 g/mol. The molecule has 9 heteroatoms. The molecule has 1 aromatic carbocycles. The summed E-state index contributed by atoms with van der Waals surface area (Å²) in [4.78, 5) is 36.2. The van der Waals surface area contributed by atoms with Crippen molar-refractivity contribution in [2.45, 2.75) is 13.5 Å². The minimum atomic E-state index is -0.703.